The molecule has 0 aliphatic carbocycles. The molecule has 11 heteroatoms. The van der Waals surface area contributed by atoms with Crippen molar-refractivity contribution in [2.45, 2.75) is 0 Å². The van der Waals surface area contributed by atoms with Crippen LogP contribution in [0, 0.1) is 10.1 Å². The highest BCUT2D eigenvalue weighted by atomic mass is 79.9. The monoisotopic (exact) mass is 498 g/mol. The third-order valence-corrected chi connectivity index (χ3v) is 4.51. The number of nitro groups is 1. The highest BCUT2D eigenvalue weighted by Gasteiger charge is 2.14. The van der Waals surface area contributed by atoms with Crippen molar-refractivity contribution in [2.75, 3.05) is 6.54 Å². The van der Waals surface area contributed by atoms with E-state index >= 15 is 0 Å². The molecule has 2 aromatic rings. The van der Waals surface area contributed by atoms with Gasteiger partial charge in [0, 0.05) is 22.2 Å². The number of non-ortho nitro benzene ring substituents is 1. The number of nitrogens with one attached hydrogen (secondary N) is 2. The minimum atomic E-state index is -0.628. The summed E-state index contributed by atoms with van der Waals surface area (Å²) < 4.78 is 0.706. The molecule has 3 N–H and O–H groups in total. The van der Waals surface area contributed by atoms with Gasteiger partial charge in [0.15, 0.2) is 0 Å². The molecule has 0 aliphatic rings. The Balaban J connectivity index is 1.95. The van der Waals surface area contributed by atoms with Crippen molar-refractivity contribution in [3.63, 3.8) is 0 Å². The summed E-state index contributed by atoms with van der Waals surface area (Å²) in [6.07, 6.45) is 1.06. The van der Waals surface area contributed by atoms with Gasteiger partial charge in [-0.3, -0.25) is 19.7 Å². The Hall–Kier alpha value is -2.79. The fraction of sp³-hybridized carbons (Fsp3) is 0.0625. The molecular formula is C16H12Br2N4O5. The number of hydrogen-bond donors (Lipinski definition) is 3. The van der Waals surface area contributed by atoms with Crippen molar-refractivity contribution in [3.05, 3.63) is 66.6 Å². The summed E-state index contributed by atoms with van der Waals surface area (Å²) in [7, 11) is 0. The number of phenolic OH excluding ortho intramolecular Hbond substituents is 1. The number of aromatic hydroxyl groups is 1. The fourth-order valence-corrected chi connectivity index (χ4v) is 2.85. The van der Waals surface area contributed by atoms with Crippen LogP contribution in [-0.2, 0) is 4.79 Å². The molecule has 2 rings (SSSR count). The Morgan fingerprint density at radius 1 is 1.22 bits per heavy atom. The zero-order valence-electron chi connectivity index (χ0n) is 13.5. The number of phenols is 1. The van der Waals surface area contributed by atoms with Gasteiger partial charge in [0.2, 0.25) is 0 Å². The Labute approximate surface area is 169 Å². The molecule has 0 radical (unpaired) electrons. The van der Waals surface area contributed by atoms with Gasteiger partial charge in [-0.15, -0.1) is 0 Å². The van der Waals surface area contributed by atoms with Crippen LogP contribution in [0.3, 0.4) is 0 Å². The van der Waals surface area contributed by atoms with Crippen molar-refractivity contribution in [1.82, 2.24) is 10.7 Å². The van der Waals surface area contributed by atoms with Gasteiger partial charge in [-0.2, -0.15) is 5.10 Å². The molecule has 140 valence electrons. The van der Waals surface area contributed by atoms with E-state index in [1.165, 1.54) is 0 Å². The maximum Gasteiger partial charge on any atom is 0.271 e. The molecule has 0 heterocycles. The molecule has 0 bridgehead atoms. The molecule has 0 spiro atoms. The van der Waals surface area contributed by atoms with Crippen molar-refractivity contribution in [2.24, 2.45) is 5.10 Å². The Kier molecular flexibility index (Phi) is 7.02. The van der Waals surface area contributed by atoms with Crippen molar-refractivity contribution >= 4 is 55.6 Å². The van der Waals surface area contributed by atoms with Crippen LogP contribution >= 0.6 is 31.9 Å². The van der Waals surface area contributed by atoms with Gasteiger partial charge >= 0.3 is 0 Å². The second-order valence-corrected chi connectivity index (χ2v) is 6.79. The highest BCUT2D eigenvalue weighted by Crippen LogP contribution is 2.31. The third-order valence-electron chi connectivity index (χ3n) is 3.21. The van der Waals surface area contributed by atoms with Gasteiger partial charge in [0.25, 0.3) is 17.5 Å². The maximum atomic E-state index is 12.0. The van der Waals surface area contributed by atoms with Gasteiger partial charge in [-0.25, -0.2) is 5.43 Å². The zero-order chi connectivity index (χ0) is 20.0. The van der Waals surface area contributed by atoms with Gasteiger partial charge in [0.05, 0.1) is 27.7 Å². The van der Waals surface area contributed by atoms with Crippen LogP contribution in [0.1, 0.15) is 15.9 Å². The molecule has 0 unspecified atom stereocenters. The smallest absolute Gasteiger partial charge is 0.271 e. The van der Waals surface area contributed by atoms with Gasteiger partial charge < -0.3 is 10.4 Å². The van der Waals surface area contributed by atoms with Crippen molar-refractivity contribution in [3.8, 4) is 5.75 Å². The summed E-state index contributed by atoms with van der Waals surface area (Å²) in [5.41, 5.74) is 2.31. The summed E-state index contributed by atoms with van der Waals surface area (Å²) in [5, 5.41) is 26.8. The third kappa shape index (κ3) is 5.59. The van der Waals surface area contributed by atoms with Crippen LogP contribution in [-0.4, -0.2) is 34.6 Å². The van der Waals surface area contributed by atoms with Gasteiger partial charge in [0.1, 0.15) is 5.75 Å². The van der Waals surface area contributed by atoms with Crippen molar-refractivity contribution < 1.29 is 19.6 Å². The molecule has 2 amide bonds. The number of hydrazone groups is 1. The zero-order valence-corrected chi connectivity index (χ0v) is 16.7. The number of hydrogen-bond acceptors (Lipinski definition) is 6. The SMILES string of the molecule is O=C(CNC(=O)c1ccccc1Br)N/N=C\c1cc([N+](=O)[O-])cc(Br)c1O. The molecule has 0 fully saturated rings. The van der Waals surface area contributed by atoms with Crippen LogP contribution in [0.5, 0.6) is 5.75 Å². The van der Waals surface area contributed by atoms with E-state index in [0.717, 1.165) is 18.3 Å². The molecule has 0 atom stereocenters. The number of carbonyl (C=O) groups excluding carboxylic acids is 2. The van der Waals surface area contributed by atoms with E-state index in [0.29, 0.717) is 10.0 Å². The molecular weight excluding hydrogens is 488 g/mol. The summed E-state index contributed by atoms with van der Waals surface area (Å²) in [6.45, 7) is -0.331. The molecule has 0 aliphatic heterocycles. The number of rotatable bonds is 6. The first-order valence-electron chi connectivity index (χ1n) is 7.31. The highest BCUT2D eigenvalue weighted by molar-refractivity contribution is 9.10. The number of benzene rings is 2. The lowest BCUT2D eigenvalue weighted by Gasteiger charge is -2.06. The lowest BCUT2D eigenvalue weighted by atomic mass is 10.2. The molecule has 0 aromatic heterocycles. The molecule has 0 saturated carbocycles. The fourth-order valence-electron chi connectivity index (χ4n) is 1.92. The van der Waals surface area contributed by atoms with Crippen LogP contribution in [0.4, 0.5) is 5.69 Å². The minimum absolute atomic E-state index is 0.0358. The second kappa shape index (κ2) is 9.24. The van der Waals surface area contributed by atoms with Crippen LogP contribution in [0.15, 0.2) is 50.4 Å². The van der Waals surface area contributed by atoms with E-state index in [4.69, 9.17) is 0 Å². The predicted octanol–water partition coefficient (Wildman–Crippen LogP) is 2.71. The lowest BCUT2D eigenvalue weighted by Crippen LogP contribution is -2.35. The first-order chi connectivity index (χ1) is 12.8. The predicted molar refractivity (Wildman–Crippen MR) is 105 cm³/mol. The van der Waals surface area contributed by atoms with Crippen LogP contribution < -0.4 is 10.7 Å². The van der Waals surface area contributed by atoms with E-state index in [2.05, 4.69) is 47.7 Å². The summed E-state index contributed by atoms with van der Waals surface area (Å²) in [6, 6.07) is 8.98. The van der Waals surface area contributed by atoms with Crippen molar-refractivity contribution in [1.29, 1.82) is 0 Å². The maximum absolute atomic E-state index is 12.0. The van der Waals surface area contributed by atoms with Crippen LogP contribution in [0.2, 0.25) is 0 Å². The molecule has 2 aromatic carbocycles. The van der Waals surface area contributed by atoms with E-state index < -0.39 is 16.7 Å². The number of halogens is 2. The standard InChI is InChI=1S/C16H12Br2N4O5/c17-12-4-2-1-3-11(12)16(25)19-8-14(23)21-20-7-9-5-10(22(26)27)6-13(18)15(9)24/h1-7,24H,8H2,(H,19,25)(H,21,23)/b20-7-. The summed E-state index contributed by atoms with van der Waals surface area (Å²) >= 11 is 6.24. The average molecular weight is 500 g/mol. The molecule has 0 saturated heterocycles. The topological polar surface area (TPSA) is 134 Å². The molecule has 27 heavy (non-hydrogen) atoms. The largest absolute Gasteiger partial charge is 0.506 e. The first-order valence-corrected chi connectivity index (χ1v) is 8.89. The number of nitro benzene ring substituents is 1. The van der Waals surface area contributed by atoms with Gasteiger partial charge in [-0.1, -0.05) is 12.1 Å². The lowest BCUT2D eigenvalue weighted by molar-refractivity contribution is -0.385. The normalized spacial score (nSPS) is 10.6. The van der Waals surface area contributed by atoms with E-state index in [-0.39, 0.29) is 28.0 Å². The Morgan fingerprint density at radius 2 is 1.93 bits per heavy atom. The van der Waals surface area contributed by atoms with Crippen LogP contribution in [0.25, 0.3) is 0 Å². The number of carbonyl (C=O) groups is 2. The van der Waals surface area contributed by atoms with E-state index in [1.807, 2.05) is 0 Å². The summed E-state index contributed by atoms with van der Waals surface area (Å²) in [4.78, 5) is 33.9. The van der Waals surface area contributed by atoms with Gasteiger partial charge in [-0.05, 0) is 44.0 Å². The number of amides is 2. The van der Waals surface area contributed by atoms with E-state index in [9.17, 15) is 24.8 Å². The Morgan fingerprint density at radius 3 is 2.59 bits per heavy atom. The Bertz CT molecular complexity index is 933. The number of nitrogens with zero attached hydrogens (tertiary/aromatic N) is 2. The minimum Gasteiger partial charge on any atom is -0.506 e. The average Bonchev–Trinajstić information content (AvgIpc) is 2.63. The van der Waals surface area contributed by atoms with E-state index in [1.54, 1.807) is 24.3 Å². The second-order valence-electron chi connectivity index (χ2n) is 5.08. The quantitative estimate of drug-likeness (QED) is 0.319. The molecule has 9 nitrogen and oxygen atoms in total. The first kappa shape index (κ1) is 20.5. The summed E-state index contributed by atoms with van der Waals surface area (Å²) in [5.74, 6) is -1.32.